The highest BCUT2D eigenvalue weighted by atomic mass is 35.5. The van der Waals surface area contributed by atoms with Gasteiger partial charge in [0.15, 0.2) is 0 Å². The molecule has 4 nitrogen and oxygen atoms in total. The van der Waals surface area contributed by atoms with Gasteiger partial charge in [0.05, 0.1) is 16.7 Å². The number of hydrogen-bond acceptors (Lipinski definition) is 3. The fourth-order valence-corrected chi connectivity index (χ4v) is 2.39. The van der Waals surface area contributed by atoms with E-state index in [-0.39, 0.29) is 28.1 Å². The summed E-state index contributed by atoms with van der Waals surface area (Å²) < 4.78 is 0. The van der Waals surface area contributed by atoms with Crippen LogP contribution in [0.1, 0.15) is 30.6 Å². The van der Waals surface area contributed by atoms with Crippen LogP contribution in [0.5, 0.6) is 0 Å². The van der Waals surface area contributed by atoms with Crippen LogP contribution in [0.3, 0.4) is 0 Å². The Labute approximate surface area is 111 Å². The Kier molecular flexibility index (Phi) is 3.25. The summed E-state index contributed by atoms with van der Waals surface area (Å²) in [6.07, 6.45) is 0.384. The molecule has 5 heteroatoms. The van der Waals surface area contributed by atoms with Crippen LogP contribution in [0.4, 0.5) is 5.69 Å². The molecule has 2 atom stereocenters. The maximum absolute atomic E-state index is 10.8. The summed E-state index contributed by atoms with van der Waals surface area (Å²) in [4.78, 5) is 10.8. The number of carboxylic acid groups (broad SMARTS) is 1. The van der Waals surface area contributed by atoms with E-state index in [0.717, 1.165) is 5.69 Å². The molecule has 2 rings (SSSR count). The first kappa shape index (κ1) is 13.2. The van der Waals surface area contributed by atoms with Crippen LogP contribution in [0.2, 0.25) is 5.02 Å². The third-order valence-electron chi connectivity index (χ3n) is 3.76. The zero-order valence-electron chi connectivity index (χ0n) is 10.3. The van der Waals surface area contributed by atoms with Crippen molar-refractivity contribution in [3.63, 3.8) is 0 Å². The van der Waals surface area contributed by atoms with Crippen LogP contribution in [0.25, 0.3) is 0 Å². The van der Waals surface area contributed by atoms with Crippen molar-refractivity contribution in [2.75, 3.05) is 5.32 Å². The average molecular weight is 270 g/mol. The second kappa shape index (κ2) is 4.44. The standard InChI is InChI=1S/C13H16ClNO3/c1-13(2)10(6-11(13)16)15-7-3-4-8(12(17)18)9(14)5-7/h3-5,10-11,15-16H,6H2,1-2H3,(H,17,18). The van der Waals surface area contributed by atoms with E-state index >= 15 is 0 Å². The maximum Gasteiger partial charge on any atom is 0.337 e. The molecular formula is C13H16ClNO3. The normalized spacial score (nSPS) is 25.3. The summed E-state index contributed by atoms with van der Waals surface area (Å²) in [5.41, 5.74) is 0.683. The van der Waals surface area contributed by atoms with Gasteiger partial charge < -0.3 is 15.5 Å². The predicted octanol–water partition coefficient (Wildman–Crippen LogP) is 2.61. The summed E-state index contributed by atoms with van der Waals surface area (Å²) in [7, 11) is 0. The molecule has 1 fully saturated rings. The first-order valence-electron chi connectivity index (χ1n) is 5.80. The van der Waals surface area contributed by atoms with Gasteiger partial charge in [0.2, 0.25) is 0 Å². The highest BCUT2D eigenvalue weighted by Gasteiger charge is 2.47. The van der Waals surface area contributed by atoms with Crippen LogP contribution in [-0.2, 0) is 0 Å². The van der Waals surface area contributed by atoms with Crippen LogP contribution in [-0.4, -0.2) is 28.3 Å². The van der Waals surface area contributed by atoms with Crippen molar-refractivity contribution in [3.05, 3.63) is 28.8 Å². The number of carbonyl (C=O) groups is 1. The van der Waals surface area contributed by atoms with E-state index in [4.69, 9.17) is 16.7 Å². The van der Waals surface area contributed by atoms with E-state index in [2.05, 4.69) is 5.32 Å². The number of hydrogen-bond donors (Lipinski definition) is 3. The van der Waals surface area contributed by atoms with Gasteiger partial charge in [0.25, 0.3) is 0 Å². The second-order valence-corrected chi connectivity index (χ2v) is 5.68. The van der Waals surface area contributed by atoms with Crippen molar-refractivity contribution in [2.24, 2.45) is 5.41 Å². The van der Waals surface area contributed by atoms with Gasteiger partial charge in [-0.15, -0.1) is 0 Å². The van der Waals surface area contributed by atoms with E-state index in [1.165, 1.54) is 6.07 Å². The molecule has 0 amide bonds. The molecule has 0 saturated heterocycles. The van der Waals surface area contributed by atoms with E-state index < -0.39 is 5.97 Å². The molecule has 1 aliphatic rings. The fourth-order valence-electron chi connectivity index (χ4n) is 2.13. The molecule has 1 aromatic rings. The van der Waals surface area contributed by atoms with E-state index in [1.54, 1.807) is 12.1 Å². The third-order valence-corrected chi connectivity index (χ3v) is 4.07. The van der Waals surface area contributed by atoms with E-state index in [0.29, 0.717) is 6.42 Å². The summed E-state index contributed by atoms with van der Waals surface area (Å²) in [5.74, 6) is -1.04. The van der Waals surface area contributed by atoms with Crippen molar-refractivity contribution < 1.29 is 15.0 Å². The number of aliphatic hydroxyl groups is 1. The lowest BCUT2D eigenvalue weighted by atomic mass is 9.64. The van der Waals surface area contributed by atoms with Crippen LogP contribution >= 0.6 is 11.6 Å². The summed E-state index contributed by atoms with van der Waals surface area (Å²) in [5, 5.41) is 22.0. The van der Waals surface area contributed by atoms with Gasteiger partial charge in [-0.25, -0.2) is 4.79 Å². The number of aromatic carboxylic acids is 1. The number of rotatable bonds is 3. The lowest BCUT2D eigenvalue weighted by Crippen LogP contribution is -2.56. The molecule has 0 spiro atoms. The molecule has 1 saturated carbocycles. The van der Waals surface area contributed by atoms with Gasteiger partial charge in [-0.1, -0.05) is 25.4 Å². The number of carboxylic acids is 1. The SMILES string of the molecule is CC1(C)C(O)CC1Nc1ccc(C(=O)O)c(Cl)c1. The lowest BCUT2D eigenvalue weighted by molar-refractivity contribution is -0.0510. The Bertz CT molecular complexity index is 487. The minimum Gasteiger partial charge on any atom is -0.478 e. The number of nitrogens with one attached hydrogen (secondary N) is 1. The number of aliphatic hydroxyl groups excluding tert-OH is 1. The largest absolute Gasteiger partial charge is 0.478 e. The maximum atomic E-state index is 10.8. The molecule has 1 aromatic carbocycles. The summed E-state index contributed by atoms with van der Waals surface area (Å²) in [6.45, 7) is 3.98. The molecule has 0 heterocycles. The predicted molar refractivity (Wildman–Crippen MR) is 70.2 cm³/mol. The van der Waals surface area contributed by atoms with Crippen molar-refractivity contribution in [1.29, 1.82) is 0 Å². The van der Waals surface area contributed by atoms with Crippen molar-refractivity contribution >= 4 is 23.3 Å². The Hall–Kier alpha value is -1.26. The molecule has 1 aliphatic carbocycles. The van der Waals surface area contributed by atoms with E-state index in [9.17, 15) is 9.90 Å². The molecule has 3 N–H and O–H groups in total. The topological polar surface area (TPSA) is 69.6 Å². The highest BCUT2D eigenvalue weighted by Crippen LogP contribution is 2.42. The minimum atomic E-state index is -1.04. The Morgan fingerprint density at radius 1 is 1.50 bits per heavy atom. The van der Waals surface area contributed by atoms with Gasteiger partial charge >= 0.3 is 5.97 Å². The molecule has 2 unspecified atom stereocenters. The number of halogens is 1. The molecule has 0 aliphatic heterocycles. The van der Waals surface area contributed by atoms with Crippen molar-refractivity contribution in [3.8, 4) is 0 Å². The summed E-state index contributed by atoms with van der Waals surface area (Å²) in [6, 6.07) is 4.94. The summed E-state index contributed by atoms with van der Waals surface area (Å²) >= 11 is 5.90. The Morgan fingerprint density at radius 2 is 2.17 bits per heavy atom. The van der Waals surface area contributed by atoms with Crippen LogP contribution < -0.4 is 5.32 Å². The molecule has 0 aromatic heterocycles. The average Bonchev–Trinajstić information content (AvgIpc) is 2.28. The molecule has 98 valence electrons. The zero-order chi connectivity index (χ0) is 13.5. The highest BCUT2D eigenvalue weighted by molar-refractivity contribution is 6.33. The molecule has 0 radical (unpaired) electrons. The van der Waals surface area contributed by atoms with Crippen molar-refractivity contribution in [2.45, 2.75) is 32.4 Å². The molecule has 18 heavy (non-hydrogen) atoms. The minimum absolute atomic E-state index is 0.0927. The van der Waals surface area contributed by atoms with Gasteiger partial charge in [-0.2, -0.15) is 0 Å². The fraction of sp³-hybridized carbons (Fsp3) is 0.462. The van der Waals surface area contributed by atoms with Gasteiger partial charge in [0.1, 0.15) is 0 Å². The zero-order valence-corrected chi connectivity index (χ0v) is 11.0. The second-order valence-electron chi connectivity index (χ2n) is 5.27. The first-order valence-corrected chi connectivity index (χ1v) is 6.17. The lowest BCUT2D eigenvalue weighted by Gasteiger charge is -2.49. The van der Waals surface area contributed by atoms with Gasteiger partial charge in [-0.3, -0.25) is 0 Å². The third kappa shape index (κ3) is 2.18. The molecule has 0 bridgehead atoms. The van der Waals surface area contributed by atoms with Crippen LogP contribution in [0.15, 0.2) is 18.2 Å². The van der Waals surface area contributed by atoms with Gasteiger partial charge in [0, 0.05) is 17.1 Å². The quantitative estimate of drug-likeness (QED) is 0.789. The Balaban J connectivity index is 2.12. The Morgan fingerprint density at radius 3 is 2.61 bits per heavy atom. The number of benzene rings is 1. The monoisotopic (exact) mass is 269 g/mol. The van der Waals surface area contributed by atoms with Gasteiger partial charge in [-0.05, 0) is 24.6 Å². The number of anilines is 1. The van der Waals surface area contributed by atoms with Crippen molar-refractivity contribution in [1.82, 2.24) is 0 Å². The smallest absolute Gasteiger partial charge is 0.337 e. The van der Waals surface area contributed by atoms with Crippen LogP contribution in [0, 0.1) is 5.41 Å². The molecular weight excluding hydrogens is 254 g/mol. The van der Waals surface area contributed by atoms with E-state index in [1.807, 2.05) is 13.8 Å². The first-order chi connectivity index (χ1) is 8.32.